The Morgan fingerprint density at radius 2 is 1.89 bits per heavy atom. The van der Waals surface area contributed by atoms with Crippen molar-refractivity contribution >= 4 is 11.6 Å². The Morgan fingerprint density at radius 1 is 1.17 bits per heavy atom. The van der Waals surface area contributed by atoms with Crippen LogP contribution in [-0.2, 0) is 6.42 Å². The molecule has 1 N–H and O–H groups in total. The molecule has 0 fully saturated rings. The second kappa shape index (κ2) is 5.98. The molecule has 2 aromatic rings. The third-order valence-electron chi connectivity index (χ3n) is 2.98. The maximum atomic E-state index is 13.2. The zero-order valence-electron chi connectivity index (χ0n) is 10.2. The molecule has 2 rings (SSSR count). The predicted octanol–water partition coefficient (Wildman–Crippen LogP) is 3.98. The molecule has 94 valence electrons. The van der Waals surface area contributed by atoms with Gasteiger partial charge in [-0.25, -0.2) is 4.39 Å². The fourth-order valence-electron chi connectivity index (χ4n) is 1.99. The molecule has 0 aliphatic heterocycles. The molecule has 1 nitrogen and oxygen atoms in total. The van der Waals surface area contributed by atoms with Gasteiger partial charge in [0.25, 0.3) is 0 Å². The summed E-state index contributed by atoms with van der Waals surface area (Å²) < 4.78 is 13.2. The summed E-state index contributed by atoms with van der Waals surface area (Å²) in [6, 6.07) is 14.7. The monoisotopic (exact) mass is 263 g/mol. The number of halogens is 2. The third kappa shape index (κ3) is 3.09. The highest BCUT2D eigenvalue weighted by Gasteiger charge is 2.12. The quantitative estimate of drug-likeness (QED) is 0.880. The highest BCUT2D eigenvalue weighted by Crippen LogP contribution is 2.24. The Balaban J connectivity index is 2.23. The molecule has 3 heteroatoms. The van der Waals surface area contributed by atoms with Crippen LogP contribution in [0.15, 0.2) is 48.5 Å². The Bertz CT molecular complexity index is 513. The van der Waals surface area contributed by atoms with E-state index in [2.05, 4.69) is 5.32 Å². The number of nitrogens with one attached hydrogen (secondary N) is 1. The lowest BCUT2D eigenvalue weighted by molar-refractivity contribution is 0.584. The molecule has 1 atom stereocenters. The van der Waals surface area contributed by atoms with Gasteiger partial charge in [0.1, 0.15) is 5.82 Å². The van der Waals surface area contributed by atoms with Crippen LogP contribution < -0.4 is 5.32 Å². The highest BCUT2D eigenvalue weighted by molar-refractivity contribution is 6.31. The van der Waals surface area contributed by atoms with Crippen LogP contribution in [0.1, 0.15) is 17.2 Å². The van der Waals surface area contributed by atoms with E-state index in [0.717, 1.165) is 5.56 Å². The average molecular weight is 264 g/mol. The lowest BCUT2D eigenvalue weighted by atomic mass is 9.99. The maximum Gasteiger partial charge on any atom is 0.123 e. The molecular formula is C15H15ClFN. The molecule has 0 saturated carbocycles. The van der Waals surface area contributed by atoms with Crippen molar-refractivity contribution in [2.45, 2.75) is 12.5 Å². The third-order valence-corrected chi connectivity index (χ3v) is 3.35. The van der Waals surface area contributed by atoms with Crippen molar-refractivity contribution in [1.29, 1.82) is 0 Å². The normalized spacial score (nSPS) is 12.4. The second-order valence-electron chi connectivity index (χ2n) is 4.19. The molecule has 2 aromatic carbocycles. The van der Waals surface area contributed by atoms with Gasteiger partial charge in [0.15, 0.2) is 0 Å². The van der Waals surface area contributed by atoms with Gasteiger partial charge in [0.2, 0.25) is 0 Å². The number of hydrogen-bond acceptors (Lipinski definition) is 1. The molecular weight excluding hydrogens is 249 g/mol. The van der Waals surface area contributed by atoms with Crippen LogP contribution in [0.4, 0.5) is 4.39 Å². The van der Waals surface area contributed by atoms with E-state index in [1.807, 2.05) is 37.4 Å². The molecule has 0 bridgehead atoms. The van der Waals surface area contributed by atoms with Crippen LogP contribution in [-0.4, -0.2) is 7.05 Å². The topological polar surface area (TPSA) is 12.0 Å². The van der Waals surface area contributed by atoms with E-state index in [0.29, 0.717) is 11.4 Å². The second-order valence-corrected chi connectivity index (χ2v) is 4.60. The van der Waals surface area contributed by atoms with Crippen molar-refractivity contribution in [2.75, 3.05) is 7.05 Å². The van der Waals surface area contributed by atoms with Crippen molar-refractivity contribution in [3.05, 3.63) is 70.5 Å². The lowest BCUT2D eigenvalue weighted by Crippen LogP contribution is -2.19. The smallest absolute Gasteiger partial charge is 0.123 e. The van der Waals surface area contributed by atoms with Crippen LogP contribution in [0, 0.1) is 5.82 Å². The first-order valence-corrected chi connectivity index (χ1v) is 6.24. The number of rotatable bonds is 4. The van der Waals surface area contributed by atoms with Gasteiger partial charge in [0, 0.05) is 11.1 Å². The van der Waals surface area contributed by atoms with E-state index in [-0.39, 0.29) is 11.9 Å². The zero-order valence-corrected chi connectivity index (χ0v) is 10.9. The standard InChI is InChI=1S/C15H15ClFN/c1-18-15(11-5-3-2-4-6-11)10-12-9-13(17)7-8-14(12)16/h2-9,15,18H,10H2,1H3. The van der Waals surface area contributed by atoms with Gasteiger partial charge in [-0.2, -0.15) is 0 Å². The number of likely N-dealkylation sites (N-methyl/N-ethyl adjacent to an activating group) is 1. The van der Waals surface area contributed by atoms with Gasteiger partial charge in [-0.3, -0.25) is 0 Å². The van der Waals surface area contributed by atoms with Gasteiger partial charge in [-0.05, 0) is 42.8 Å². The average Bonchev–Trinajstić information content (AvgIpc) is 2.41. The van der Waals surface area contributed by atoms with Crippen molar-refractivity contribution in [3.63, 3.8) is 0 Å². The number of benzene rings is 2. The first-order valence-electron chi connectivity index (χ1n) is 5.87. The fraction of sp³-hybridized carbons (Fsp3) is 0.200. The van der Waals surface area contributed by atoms with E-state index in [4.69, 9.17) is 11.6 Å². The summed E-state index contributed by atoms with van der Waals surface area (Å²) in [5.41, 5.74) is 1.99. The highest BCUT2D eigenvalue weighted by atomic mass is 35.5. The molecule has 0 saturated heterocycles. The minimum absolute atomic E-state index is 0.130. The van der Waals surface area contributed by atoms with Gasteiger partial charge in [-0.1, -0.05) is 41.9 Å². The predicted molar refractivity (Wildman–Crippen MR) is 73.4 cm³/mol. The molecule has 0 spiro atoms. The SMILES string of the molecule is CNC(Cc1cc(F)ccc1Cl)c1ccccc1. The lowest BCUT2D eigenvalue weighted by Gasteiger charge is -2.17. The fourth-order valence-corrected chi connectivity index (χ4v) is 2.19. The maximum absolute atomic E-state index is 13.2. The van der Waals surface area contributed by atoms with Gasteiger partial charge in [0.05, 0.1) is 0 Å². The van der Waals surface area contributed by atoms with Crippen LogP contribution in [0.2, 0.25) is 5.02 Å². The summed E-state index contributed by atoms with van der Waals surface area (Å²) >= 11 is 6.09. The minimum atomic E-state index is -0.252. The molecule has 0 radical (unpaired) electrons. The Kier molecular flexibility index (Phi) is 4.34. The first-order chi connectivity index (χ1) is 8.70. The van der Waals surface area contributed by atoms with E-state index < -0.39 is 0 Å². The first kappa shape index (κ1) is 13.1. The Morgan fingerprint density at radius 3 is 2.56 bits per heavy atom. The van der Waals surface area contributed by atoms with E-state index in [1.165, 1.54) is 17.7 Å². The van der Waals surface area contributed by atoms with E-state index in [1.54, 1.807) is 6.07 Å². The molecule has 18 heavy (non-hydrogen) atoms. The minimum Gasteiger partial charge on any atom is -0.313 e. The summed E-state index contributed by atoms with van der Waals surface area (Å²) in [7, 11) is 1.89. The van der Waals surface area contributed by atoms with Crippen molar-refractivity contribution < 1.29 is 4.39 Å². The molecule has 0 heterocycles. The summed E-state index contributed by atoms with van der Waals surface area (Å²) in [5.74, 6) is -0.252. The zero-order chi connectivity index (χ0) is 13.0. The van der Waals surface area contributed by atoms with Gasteiger partial charge < -0.3 is 5.32 Å². The number of hydrogen-bond donors (Lipinski definition) is 1. The van der Waals surface area contributed by atoms with Crippen molar-refractivity contribution in [1.82, 2.24) is 5.32 Å². The van der Waals surface area contributed by atoms with Crippen molar-refractivity contribution in [3.8, 4) is 0 Å². The van der Waals surface area contributed by atoms with Gasteiger partial charge in [-0.15, -0.1) is 0 Å². The molecule has 0 amide bonds. The van der Waals surface area contributed by atoms with Crippen LogP contribution in [0.3, 0.4) is 0 Å². The van der Waals surface area contributed by atoms with Crippen LogP contribution >= 0.6 is 11.6 Å². The molecule has 0 aliphatic carbocycles. The summed E-state index contributed by atoms with van der Waals surface area (Å²) in [6.07, 6.45) is 0.664. The summed E-state index contributed by atoms with van der Waals surface area (Å²) in [4.78, 5) is 0. The van der Waals surface area contributed by atoms with Crippen LogP contribution in [0.25, 0.3) is 0 Å². The molecule has 0 aromatic heterocycles. The Labute approximate surface area is 112 Å². The summed E-state index contributed by atoms with van der Waals surface area (Å²) in [6.45, 7) is 0. The largest absolute Gasteiger partial charge is 0.313 e. The van der Waals surface area contributed by atoms with Gasteiger partial charge >= 0.3 is 0 Å². The van der Waals surface area contributed by atoms with Crippen LogP contribution in [0.5, 0.6) is 0 Å². The molecule has 1 unspecified atom stereocenters. The summed E-state index contributed by atoms with van der Waals surface area (Å²) in [5, 5.41) is 3.84. The molecule has 0 aliphatic rings. The van der Waals surface area contributed by atoms with E-state index >= 15 is 0 Å². The van der Waals surface area contributed by atoms with Crippen molar-refractivity contribution in [2.24, 2.45) is 0 Å². The Hall–Kier alpha value is -1.38. The van der Waals surface area contributed by atoms with E-state index in [9.17, 15) is 4.39 Å².